The maximum Gasteiger partial charge on any atom is 0.288 e. The molecule has 0 aliphatic heterocycles. The molecule has 2 aromatic rings. The minimum Gasteiger partial charge on any atom is -0.290 e. The van der Waals surface area contributed by atoms with Gasteiger partial charge in [-0.2, -0.15) is 5.10 Å². The monoisotopic (exact) mass is 345 g/mol. The van der Waals surface area contributed by atoms with E-state index in [4.69, 9.17) is 23.2 Å². The van der Waals surface area contributed by atoms with E-state index in [-0.39, 0.29) is 28.2 Å². The Morgan fingerprint density at radius 2 is 2.14 bits per heavy atom. The molecule has 2 aromatic heterocycles. The number of nitrogens with zero attached hydrogens (tertiary/aromatic N) is 2. The molecule has 0 radical (unpaired) electrons. The van der Waals surface area contributed by atoms with Crippen LogP contribution in [0.15, 0.2) is 28.5 Å². The summed E-state index contributed by atoms with van der Waals surface area (Å²) in [6.07, 6.45) is 1.38. The van der Waals surface area contributed by atoms with Gasteiger partial charge in [-0.25, -0.2) is 4.68 Å². The summed E-state index contributed by atoms with van der Waals surface area (Å²) in [6.45, 7) is 6.72. The molecule has 2 rings (SSSR count). The molecule has 0 aliphatic rings. The van der Waals surface area contributed by atoms with Crippen LogP contribution < -0.4 is 10.9 Å². The lowest BCUT2D eigenvalue weighted by Gasteiger charge is -2.31. The van der Waals surface area contributed by atoms with Crippen molar-refractivity contribution in [3.63, 3.8) is 0 Å². The average Bonchev–Trinajstić information content (AvgIpc) is 2.91. The second-order valence-electron chi connectivity index (χ2n) is 5.79. The van der Waals surface area contributed by atoms with Gasteiger partial charge in [0.1, 0.15) is 5.02 Å². The predicted octanol–water partition coefficient (Wildman–Crippen LogP) is 3.95. The second kappa shape index (κ2) is 6.48. The summed E-state index contributed by atoms with van der Waals surface area (Å²) < 4.78 is 1.28. The molecule has 0 saturated carbocycles. The van der Waals surface area contributed by atoms with Gasteiger partial charge < -0.3 is 0 Å². The zero-order chi connectivity index (χ0) is 15.6. The fourth-order valence-corrected chi connectivity index (χ4v) is 3.34. The van der Waals surface area contributed by atoms with Gasteiger partial charge in [-0.15, -0.1) is 11.3 Å². The Kier molecular flexibility index (Phi) is 5.09. The molecule has 2 heterocycles. The fraction of sp³-hybridized carbons (Fsp3) is 0.429. The number of halogens is 2. The van der Waals surface area contributed by atoms with Gasteiger partial charge in [0.15, 0.2) is 0 Å². The minimum atomic E-state index is -0.393. The number of rotatable bonds is 4. The number of hydrogen-bond donors (Lipinski definition) is 1. The third-order valence-electron chi connectivity index (χ3n) is 3.08. The highest BCUT2D eigenvalue weighted by atomic mass is 35.5. The van der Waals surface area contributed by atoms with Gasteiger partial charge >= 0.3 is 0 Å². The van der Waals surface area contributed by atoms with Crippen LogP contribution in [0.4, 0.5) is 0 Å². The predicted molar refractivity (Wildman–Crippen MR) is 88.2 cm³/mol. The van der Waals surface area contributed by atoms with E-state index in [1.54, 1.807) is 11.3 Å². The van der Waals surface area contributed by atoms with E-state index in [0.717, 1.165) is 0 Å². The number of thiophene rings is 1. The lowest BCUT2D eigenvalue weighted by Crippen LogP contribution is -2.37. The van der Waals surface area contributed by atoms with Gasteiger partial charge in [0.2, 0.25) is 0 Å². The van der Waals surface area contributed by atoms with Crippen LogP contribution in [0.1, 0.15) is 31.7 Å². The Labute approximate surface area is 137 Å². The molecule has 0 aromatic carbocycles. The molecule has 7 heteroatoms. The summed E-state index contributed by atoms with van der Waals surface area (Å²) in [7, 11) is 0. The van der Waals surface area contributed by atoms with Crippen LogP contribution in [0, 0.1) is 5.41 Å². The van der Waals surface area contributed by atoms with Crippen LogP contribution in [0.2, 0.25) is 10.0 Å². The van der Waals surface area contributed by atoms with Crippen LogP contribution in [0.5, 0.6) is 0 Å². The molecule has 0 aliphatic carbocycles. The van der Waals surface area contributed by atoms with Crippen LogP contribution >= 0.6 is 34.5 Å². The molecule has 21 heavy (non-hydrogen) atoms. The molecule has 0 fully saturated rings. The first-order valence-electron chi connectivity index (χ1n) is 6.48. The maximum atomic E-state index is 12.0. The summed E-state index contributed by atoms with van der Waals surface area (Å²) in [4.78, 5) is 13.2. The highest BCUT2D eigenvalue weighted by Crippen LogP contribution is 2.35. The van der Waals surface area contributed by atoms with Crippen LogP contribution in [-0.4, -0.2) is 9.78 Å². The lowest BCUT2D eigenvalue weighted by molar-refractivity contribution is 0.253. The van der Waals surface area contributed by atoms with Crippen molar-refractivity contribution in [1.82, 2.24) is 15.1 Å². The second-order valence-corrected chi connectivity index (χ2v) is 7.55. The summed E-state index contributed by atoms with van der Waals surface area (Å²) in [5.41, 5.74) is -0.388. The van der Waals surface area contributed by atoms with E-state index in [9.17, 15) is 4.79 Å². The van der Waals surface area contributed by atoms with Crippen molar-refractivity contribution in [1.29, 1.82) is 0 Å². The summed E-state index contributed by atoms with van der Waals surface area (Å²) in [6, 6.07) is 4.21. The Hall–Kier alpha value is -0.880. The quantitative estimate of drug-likeness (QED) is 0.912. The maximum absolute atomic E-state index is 12.0. The van der Waals surface area contributed by atoms with E-state index in [2.05, 4.69) is 37.3 Å². The van der Waals surface area contributed by atoms with Crippen molar-refractivity contribution < 1.29 is 0 Å². The molecule has 0 amide bonds. The Morgan fingerprint density at radius 3 is 2.71 bits per heavy atom. The van der Waals surface area contributed by atoms with E-state index in [1.165, 1.54) is 15.8 Å². The Balaban J connectivity index is 2.21. The molecule has 1 N–H and O–H groups in total. The van der Waals surface area contributed by atoms with Crippen molar-refractivity contribution in [2.75, 3.05) is 0 Å². The van der Waals surface area contributed by atoms with Crippen molar-refractivity contribution in [3.05, 3.63) is 49.0 Å². The van der Waals surface area contributed by atoms with Crippen molar-refractivity contribution in [2.24, 2.45) is 5.41 Å². The molecule has 0 spiro atoms. The molecular formula is C14H17Cl2N3OS. The van der Waals surface area contributed by atoms with Crippen LogP contribution in [-0.2, 0) is 6.67 Å². The van der Waals surface area contributed by atoms with E-state index < -0.39 is 5.56 Å². The smallest absolute Gasteiger partial charge is 0.288 e. The van der Waals surface area contributed by atoms with Crippen LogP contribution in [0.3, 0.4) is 0 Å². The van der Waals surface area contributed by atoms with E-state index >= 15 is 0 Å². The highest BCUT2D eigenvalue weighted by molar-refractivity contribution is 7.10. The van der Waals surface area contributed by atoms with Crippen molar-refractivity contribution in [2.45, 2.75) is 33.5 Å². The van der Waals surface area contributed by atoms with Gasteiger partial charge in [0.25, 0.3) is 5.56 Å². The zero-order valence-electron chi connectivity index (χ0n) is 12.1. The third-order valence-corrected chi connectivity index (χ3v) is 4.77. The standard InChI is InChI=1S/C14H17Cl2N3OS/c1-14(2,3)12(10-5-4-6-21-10)17-8-19-13(20)11(16)9(15)7-18-19/h4-7,12,17H,8H2,1-3H3/t12-/m1/s1. The van der Waals surface area contributed by atoms with Gasteiger partial charge in [0.05, 0.1) is 17.9 Å². The Bertz CT molecular complexity index is 662. The van der Waals surface area contributed by atoms with E-state index in [1.807, 2.05) is 11.4 Å². The number of aromatic nitrogens is 2. The first kappa shape index (κ1) is 16.5. The zero-order valence-corrected chi connectivity index (χ0v) is 14.4. The Morgan fingerprint density at radius 1 is 1.43 bits per heavy atom. The summed E-state index contributed by atoms with van der Waals surface area (Å²) in [5.74, 6) is 0. The molecule has 0 saturated heterocycles. The molecule has 114 valence electrons. The van der Waals surface area contributed by atoms with Crippen molar-refractivity contribution >= 4 is 34.5 Å². The average molecular weight is 346 g/mol. The van der Waals surface area contributed by atoms with Gasteiger partial charge in [-0.3, -0.25) is 10.1 Å². The lowest BCUT2D eigenvalue weighted by atomic mass is 9.86. The molecule has 0 bridgehead atoms. The number of hydrogen-bond acceptors (Lipinski definition) is 4. The molecule has 1 atom stereocenters. The molecular weight excluding hydrogens is 329 g/mol. The van der Waals surface area contributed by atoms with E-state index in [0.29, 0.717) is 0 Å². The topological polar surface area (TPSA) is 46.9 Å². The summed E-state index contributed by atoms with van der Waals surface area (Å²) in [5, 5.41) is 9.59. The van der Waals surface area contributed by atoms with Gasteiger partial charge in [-0.1, -0.05) is 50.0 Å². The third kappa shape index (κ3) is 3.86. The van der Waals surface area contributed by atoms with Crippen LogP contribution in [0.25, 0.3) is 0 Å². The normalized spacial score (nSPS) is 13.4. The molecule has 4 nitrogen and oxygen atoms in total. The summed E-state index contributed by atoms with van der Waals surface area (Å²) >= 11 is 13.3. The van der Waals surface area contributed by atoms with Gasteiger partial charge in [-0.05, 0) is 16.9 Å². The first-order chi connectivity index (χ1) is 9.80. The SMILES string of the molecule is CC(C)(C)[C@H](NCn1ncc(Cl)c(Cl)c1=O)c1cccs1. The highest BCUT2D eigenvalue weighted by Gasteiger charge is 2.26. The van der Waals surface area contributed by atoms with Gasteiger partial charge in [0, 0.05) is 10.9 Å². The largest absolute Gasteiger partial charge is 0.290 e. The first-order valence-corrected chi connectivity index (χ1v) is 8.12. The van der Waals surface area contributed by atoms with Crippen molar-refractivity contribution in [3.8, 4) is 0 Å². The fourth-order valence-electron chi connectivity index (χ4n) is 2.02. The minimum absolute atomic E-state index is 0.00287. The number of nitrogens with one attached hydrogen (secondary N) is 1. The molecule has 0 unspecified atom stereocenters.